The lowest BCUT2D eigenvalue weighted by molar-refractivity contribution is 0.571. The lowest BCUT2D eigenvalue weighted by Crippen LogP contribution is -1.97. The standard InChI is InChI=1S/C10H10N4O/c1-2-14-11-7-10(12-14)8-3-5-9(13-15)6-4-8/h3-7H,2H2,1H3. The molecular formula is C10H10N4O. The minimum absolute atomic E-state index is 0.418. The van der Waals surface area contributed by atoms with E-state index < -0.39 is 0 Å². The number of nitroso groups, excluding NO2 is 1. The predicted molar refractivity (Wildman–Crippen MR) is 56.6 cm³/mol. The fraction of sp³-hybridized carbons (Fsp3) is 0.200. The summed E-state index contributed by atoms with van der Waals surface area (Å²) in [6.07, 6.45) is 1.70. The molecule has 2 rings (SSSR count). The summed E-state index contributed by atoms with van der Waals surface area (Å²) in [7, 11) is 0. The molecule has 0 fully saturated rings. The third-order valence-corrected chi connectivity index (χ3v) is 2.09. The molecule has 0 amide bonds. The van der Waals surface area contributed by atoms with Crippen LogP contribution in [0.15, 0.2) is 35.6 Å². The minimum atomic E-state index is 0.418. The van der Waals surface area contributed by atoms with Gasteiger partial charge in [0.1, 0.15) is 11.4 Å². The Labute approximate surface area is 86.7 Å². The Hall–Kier alpha value is -2.04. The molecule has 0 saturated carbocycles. The molecule has 0 bridgehead atoms. The molecule has 0 spiro atoms. The summed E-state index contributed by atoms with van der Waals surface area (Å²) in [5, 5.41) is 11.2. The average molecular weight is 202 g/mol. The molecule has 5 nitrogen and oxygen atoms in total. The number of benzene rings is 1. The number of hydrogen-bond acceptors (Lipinski definition) is 4. The van der Waals surface area contributed by atoms with Crippen LogP contribution in [-0.2, 0) is 6.54 Å². The Morgan fingerprint density at radius 2 is 2.07 bits per heavy atom. The van der Waals surface area contributed by atoms with Crippen molar-refractivity contribution in [3.63, 3.8) is 0 Å². The van der Waals surface area contributed by atoms with Gasteiger partial charge in [0, 0.05) is 5.56 Å². The van der Waals surface area contributed by atoms with Gasteiger partial charge in [-0.2, -0.15) is 15.0 Å². The highest BCUT2D eigenvalue weighted by molar-refractivity contribution is 5.60. The zero-order chi connectivity index (χ0) is 10.7. The smallest absolute Gasteiger partial charge is 0.113 e. The van der Waals surface area contributed by atoms with Crippen molar-refractivity contribution >= 4 is 5.69 Å². The van der Waals surface area contributed by atoms with Crippen LogP contribution in [0.3, 0.4) is 0 Å². The van der Waals surface area contributed by atoms with Crippen LogP contribution in [0.4, 0.5) is 5.69 Å². The van der Waals surface area contributed by atoms with Crippen LogP contribution in [0.1, 0.15) is 6.92 Å². The highest BCUT2D eigenvalue weighted by Crippen LogP contribution is 2.19. The van der Waals surface area contributed by atoms with E-state index >= 15 is 0 Å². The number of rotatable bonds is 3. The van der Waals surface area contributed by atoms with Gasteiger partial charge >= 0.3 is 0 Å². The first kappa shape index (κ1) is 9.51. The van der Waals surface area contributed by atoms with Crippen LogP contribution in [0.25, 0.3) is 11.3 Å². The summed E-state index contributed by atoms with van der Waals surface area (Å²) >= 11 is 0. The van der Waals surface area contributed by atoms with Gasteiger partial charge in [-0.05, 0) is 24.2 Å². The largest absolute Gasteiger partial charge is 0.185 e. The average Bonchev–Trinajstić information content (AvgIpc) is 2.78. The summed E-state index contributed by atoms with van der Waals surface area (Å²) in [4.78, 5) is 11.8. The number of aryl methyl sites for hydroxylation is 1. The van der Waals surface area contributed by atoms with Crippen molar-refractivity contribution in [1.29, 1.82) is 0 Å². The topological polar surface area (TPSA) is 60.1 Å². The van der Waals surface area contributed by atoms with Gasteiger partial charge in [0.15, 0.2) is 0 Å². The van der Waals surface area contributed by atoms with Gasteiger partial charge in [-0.3, -0.25) is 0 Å². The fourth-order valence-electron chi connectivity index (χ4n) is 1.28. The monoisotopic (exact) mass is 202 g/mol. The molecule has 0 unspecified atom stereocenters. The second-order valence-electron chi connectivity index (χ2n) is 3.06. The third-order valence-electron chi connectivity index (χ3n) is 2.09. The molecule has 5 heteroatoms. The molecule has 2 aromatic rings. The highest BCUT2D eigenvalue weighted by Gasteiger charge is 2.02. The predicted octanol–water partition coefficient (Wildman–Crippen LogP) is 2.36. The summed E-state index contributed by atoms with van der Waals surface area (Å²) in [5.74, 6) is 0. The third kappa shape index (κ3) is 1.90. The minimum Gasteiger partial charge on any atom is -0.185 e. The van der Waals surface area contributed by atoms with E-state index in [1.807, 2.05) is 6.92 Å². The van der Waals surface area contributed by atoms with Gasteiger partial charge in [0.2, 0.25) is 0 Å². The van der Waals surface area contributed by atoms with Crippen molar-refractivity contribution in [3.8, 4) is 11.3 Å². The zero-order valence-corrected chi connectivity index (χ0v) is 8.29. The van der Waals surface area contributed by atoms with Crippen molar-refractivity contribution in [2.45, 2.75) is 13.5 Å². The molecule has 0 atom stereocenters. The van der Waals surface area contributed by atoms with E-state index in [0.29, 0.717) is 5.69 Å². The molecule has 0 saturated heterocycles. The second-order valence-corrected chi connectivity index (χ2v) is 3.06. The Balaban J connectivity index is 2.32. The summed E-state index contributed by atoms with van der Waals surface area (Å²) in [6, 6.07) is 6.93. The van der Waals surface area contributed by atoms with Crippen molar-refractivity contribution in [3.05, 3.63) is 35.4 Å². The van der Waals surface area contributed by atoms with Gasteiger partial charge < -0.3 is 0 Å². The molecule has 1 aromatic heterocycles. The lowest BCUT2D eigenvalue weighted by atomic mass is 10.1. The van der Waals surface area contributed by atoms with E-state index in [4.69, 9.17) is 0 Å². The Morgan fingerprint density at radius 3 is 2.60 bits per heavy atom. The number of nitrogens with zero attached hydrogens (tertiary/aromatic N) is 4. The molecule has 15 heavy (non-hydrogen) atoms. The second kappa shape index (κ2) is 4.00. The molecular weight excluding hydrogens is 192 g/mol. The van der Waals surface area contributed by atoms with Gasteiger partial charge in [0.05, 0.1) is 12.7 Å². The van der Waals surface area contributed by atoms with E-state index in [9.17, 15) is 4.91 Å². The van der Waals surface area contributed by atoms with Gasteiger partial charge in [0.25, 0.3) is 0 Å². The molecule has 0 aliphatic carbocycles. The maximum absolute atomic E-state index is 10.2. The van der Waals surface area contributed by atoms with Crippen LogP contribution in [-0.4, -0.2) is 15.0 Å². The van der Waals surface area contributed by atoms with Crippen LogP contribution >= 0.6 is 0 Å². The Morgan fingerprint density at radius 1 is 1.33 bits per heavy atom. The molecule has 0 aliphatic heterocycles. The quantitative estimate of drug-likeness (QED) is 0.718. The first-order valence-corrected chi connectivity index (χ1v) is 4.67. The van der Waals surface area contributed by atoms with Gasteiger partial charge in [-0.15, -0.1) is 4.91 Å². The summed E-state index contributed by atoms with van der Waals surface area (Å²) in [5.41, 5.74) is 2.15. The van der Waals surface area contributed by atoms with Gasteiger partial charge in [-0.1, -0.05) is 12.1 Å². The Bertz CT molecular complexity index is 461. The maximum atomic E-state index is 10.2. The van der Waals surface area contributed by atoms with Gasteiger partial charge in [-0.25, -0.2) is 0 Å². The SMILES string of the molecule is CCn1ncc(-c2ccc(N=O)cc2)n1. The molecule has 0 N–H and O–H groups in total. The van der Waals surface area contributed by atoms with Crippen molar-refractivity contribution in [2.24, 2.45) is 5.18 Å². The molecule has 0 radical (unpaired) electrons. The van der Waals surface area contributed by atoms with Crippen molar-refractivity contribution in [1.82, 2.24) is 15.0 Å². The Kier molecular flexibility index (Phi) is 2.53. The van der Waals surface area contributed by atoms with E-state index in [-0.39, 0.29) is 0 Å². The van der Waals surface area contributed by atoms with Crippen molar-refractivity contribution in [2.75, 3.05) is 0 Å². The first-order valence-electron chi connectivity index (χ1n) is 4.67. The molecule has 76 valence electrons. The summed E-state index contributed by atoms with van der Waals surface area (Å²) in [6.45, 7) is 2.72. The normalized spacial score (nSPS) is 10.2. The van der Waals surface area contributed by atoms with E-state index in [2.05, 4.69) is 15.4 Å². The molecule has 0 aliphatic rings. The van der Waals surface area contributed by atoms with E-state index in [1.54, 1.807) is 35.3 Å². The molecule has 1 heterocycles. The number of aromatic nitrogens is 3. The van der Waals surface area contributed by atoms with Crippen LogP contribution in [0.5, 0.6) is 0 Å². The zero-order valence-electron chi connectivity index (χ0n) is 8.29. The summed E-state index contributed by atoms with van der Waals surface area (Å²) < 4.78 is 0. The van der Waals surface area contributed by atoms with Crippen LogP contribution < -0.4 is 0 Å². The fourth-order valence-corrected chi connectivity index (χ4v) is 1.28. The lowest BCUT2D eigenvalue weighted by Gasteiger charge is -1.95. The highest BCUT2D eigenvalue weighted by atomic mass is 16.3. The number of hydrogen-bond donors (Lipinski definition) is 0. The van der Waals surface area contributed by atoms with E-state index in [1.165, 1.54) is 0 Å². The van der Waals surface area contributed by atoms with E-state index in [0.717, 1.165) is 17.8 Å². The maximum Gasteiger partial charge on any atom is 0.113 e. The van der Waals surface area contributed by atoms with Crippen LogP contribution in [0, 0.1) is 4.91 Å². The van der Waals surface area contributed by atoms with Crippen LogP contribution in [0.2, 0.25) is 0 Å². The van der Waals surface area contributed by atoms with Crippen molar-refractivity contribution < 1.29 is 0 Å². The first-order chi connectivity index (χ1) is 7.33. The molecule has 1 aromatic carbocycles.